The summed E-state index contributed by atoms with van der Waals surface area (Å²) in [5.74, 6) is 0.138. The lowest BCUT2D eigenvalue weighted by molar-refractivity contribution is -0.125. The summed E-state index contributed by atoms with van der Waals surface area (Å²) in [5.41, 5.74) is 8.79. The Morgan fingerprint density at radius 3 is 2.57 bits per heavy atom. The first-order chi connectivity index (χ1) is 11.1. The van der Waals surface area contributed by atoms with E-state index in [-0.39, 0.29) is 11.8 Å². The molecule has 23 heavy (non-hydrogen) atoms. The average Bonchev–Trinajstić information content (AvgIpc) is 2.54. The lowest BCUT2D eigenvalue weighted by atomic mass is 9.96. The molecule has 0 bridgehead atoms. The van der Waals surface area contributed by atoms with Gasteiger partial charge in [0.2, 0.25) is 5.91 Å². The van der Waals surface area contributed by atoms with Crippen LogP contribution < -0.4 is 11.1 Å². The standard InChI is InChI=1S/C19H23BrN2O/c1-2-16(12-15-4-3-5-17(20)13-15)19(23)22-11-10-14-6-8-18(21)9-7-14/h3-9,13,16H,2,10-12,21H2,1H3,(H,22,23). The van der Waals surface area contributed by atoms with Gasteiger partial charge in [-0.05, 0) is 54.7 Å². The van der Waals surface area contributed by atoms with Crippen molar-refractivity contribution >= 4 is 27.5 Å². The molecular weight excluding hydrogens is 352 g/mol. The maximum Gasteiger partial charge on any atom is 0.223 e. The first-order valence-corrected chi connectivity index (χ1v) is 8.74. The van der Waals surface area contributed by atoms with Gasteiger partial charge >= 0.3 is 0 Å². The molecule has 0 fully saturated rings. The maximum absolute atomic E-state index is 12.4. The number of hydrogen-bond acceptors (Lipinski definition) is 2. The number of anilines is 1. The van der Waals surface area contributed by atoms with Crippen LogP contribution in [-0.4, -0.2) is 12.5 Å². The highest BCUT2D eigenvalue weighted by Gasteiger charge is 2.16. The third kappa shape index (κ3) is 5.71. The van der Waals surface area contributed by atoms with Gasteiger partial charge in [0, 0.05) is 22.6 Å². The molecule has 1 amide bonds. The number of carbonyl (C=O) groups excluding carboxylic acids is 1. The molecule has 3 nitrogen and oxygen atoms in total. The molecule has 0 heterocycles. The molecule has 2 rings (SSSR count). The van der Waals surface area contributed by atoms with E-state index in [2.05, 4.69) is 40.3 Å². The van der Waals surface area contributed by atoms with Crippen molar-refractivity contribution in [2.75, 3.05) is 12.3 Å². The number of benzene rings is 2. The lowest BCUT2D eigenvalue weighted by Gasteiger charge is -2.15. The van der Waals surface area contributed by atoms with E-state index in [0.717, 1.165) is 29.4 Å². The monoisotopic (exact) mass is 374 g/mol. The van der Waals surface area contributed by atoms with Crippen LogP contribution in [0.4, 0.5) is 5.69 Å². The third-order valence-corrected chi connectivity index (χ3v) is 4.42. The van der Waals surface area contributed by atoms with Crippen molar-refractivity contribution in [3.8, 4) is 0 Å². The van der Waals surface area contributed by atoms with Gasteiger partial charge in [0.1, 0.15) is 0 Å². The average molecular weight is 375 g/mol. The Labute approximate surface area is 146 Å². The van der Waals surface area contributed by atoms with E-state index in [0.29, 0.717) is 6.54 Å². The number of hydrogen-bond donors (Lipinski definition) is 2. The van der Waals surface area contributed by atoms with Crippen molar-refractivity contribution in [3.05, 3.63) is 64.1 Å². The van der Waals surface area contributed by atoms with E-state index >= 15 is 0 Å². The molecule has 1 atom stereocenters. The van der Waals surface area contributed by atoms with Crippen molar-refractivity contribution in [2.24, 2.45) is 5.92 Å². The quantitative estimate of drug-likeness (QED) is 0.720. The van der Waals surface area contributed by atoms with Gasteiger partial charge in [0.15, 0.2) is 0 Å². The number of rotatable bonds is 7. The fraction of sp³-hybridized carbons (Fsp3) is 0.316. The highest BCUT2D eigenvalue weighted by atomic mass is 79.9. The lowest BCUT2D eigenvalue weighted by Crippen LogP contribution is -2.33. The van der Waals surface area contributed by atoms with Gasteiger partial charge in [-0.25, -0.2) is 0 Å². The molecule has 0 spiro atoms. The molecule has 122 valence electrons. The molecule has 0 aliphatic heterocycles. The maximum atomic E-state index is 12.4. The minimum atomic E-state index is 0.00992. The Balaban J connectivity index is 1.83. The number of amides is 1. The summed E-state index contributed by atoms with van der Waals surface area (Å²) < 4.78 is 1.05. The van der Waals surface area contributed by atoms with E-state index in [4.69, 9.17) is 5.73 Å². The smallest absolute Gasteiger partial charge is 0.223 e. The first kappa shape index (κ1) is 17.5. The predicted octanol–water partition coefficient (Wildman–Crippen LogP) is 3.96. The SMILES string of the molecule is CCC(Cc1cccc(Br)c1)C(=O)NCCc1ccc(N)cc1. The van der Waals surface area contributed by atoms with Gasteiger partial charge in [0.05, 0.1) is 0 Å². The van der Waals surface area contributed by atoms with E-state index in [1.807, 2.05) is 36.4 Å². The topological polar surface area (TPSA) is 55.1 Å². The molecule has 0 saturated carbocycles. The zero-order chi connectivity index (χ0) is 16.7. The third-order valence-electron chi connectivity index (χ3n) is 3.93. The van der Waals surface area contributed by atoms with Gasteiger partial charge in [-0.1, -0.05) is 47.1 Å². The second-order valence-electron chi connectivity index (χ2n) is 5.72. The first-order valence-electron chi connectivity index (χ1n) is 7.95. The zero-order valence-corrected chi connectivity index (χ0v) is 15.0. The highest BCUT2D eigenvalue weighted by molar-refractivity contribution is 9.10. The molecule has 4 heteroatoms. The number of nitrogens with one attached hydrogen (secondary N) is 1. The molecule has 0 aliphatic carbocycles. The predicted molar refractivity (Wildman–Crippen MR) is 99.2 cm³/mol. The van der Waals surface area contributed by atoms with Gasteiger partial charge in [-0.15, -0.1) is 0 Å². The Hall–Kier alpha value is -1.81. The molecule has 2 aromatic carbocycles. The van der Waals surface area contributed by atoms with E-state index in [1.54, 1.807) is 0 Å². The molecule has 0 aromatic heterocycles. The molecular formula is C19H23BrN2O. The van der Waals surface area contributed by atoms with Crippen LogP contribution in [0.1, 0.15) is 24.5 Å². The summed E-state index contributed by atoms with van der Waals surface area (Å²) in [6.45, 7) is 2.71. The van der Waals surface area contributed by atoms with Crippen molar-refractivity contribution in [1.29, 1.82) is 0 Å². The summed E-state index contributed by atoms with van der Waals surface area (Å²) in [6.07, 6.45) is 2.42. The minimum Gasteiger partial charge on any atom is -0.399 e. The van der Waals surface area contributed by atoms with Crippen LogP contribution in [0.25, 0.3) is 0 Å². The molecule has 0 radical (unpaired) electrons. The number of nitrogen functional groups attached to an aromatic ring is 1. The molecule has 0 saturated heterocycles. The van der Waals surface area contributed by atoms with Crippen molar-refractivity contribution in [2.45, 2.75) is 26.2 Å². The van der Waals surface area contributed by atoms with Crippen LogP contribution in [0.2, 0.25) is 0 Å². The normalized spacial score (nSPS) is 11.9. The van der Waals surface area contributed by atoms with Crippen molar-refractivity contribution < 1.29 is 4.79 Å². The zero-order valence-electron chi connectivity index (χ0n) is 13.4. The van der Waals surface area contributed by atoms with Crippen LogP contribution in [0.15, 0.2) is 53.0 Å². The van der Waals surface area contributed by atoms with E-state index in [1.165, 1.54) is 11.1 Å². The minimum absolute atomic E-state index is 0.00992. The van der Waals surface area contributed by atoms with Gasteiger partial charge in [0.25, 0.3) is 0 Å². The Bertz CT molecular complexity index is 640. The summed E-state index contributed by atoms with van der Waals surface area (Å²) in [7, 11) is 0. The summed E-state index contributed by atoms with van der Waals surface area (Å²) in [4.78, 5) is 12.4. The Kier molecular flexibility index (Phi) is 6.66. The fourth-order valence-corrected chi connectivity index (χ4v) is 2.98. The van der Waals surface area contributed by atoms with Gasteiger partial charge in [-0.3, -0.25) is 4.79 Å². The van der Waals surface area contributed by atoms with Gasteiger partial charge < -0.3 is 11.1 Å². The summed E-state index contributed by atoms with van der Waals surface area (Å²) in [5, 5.41) is 3.05. The van der Waals surface area contributed by atoms with Gasteiger partial charge in [-0.2, -0.15) is 0 Å². The van der Waals surface area contributed by atoms with E-state index < -0.39 is 0 Å². The molecule has 0 aliphatic rings. The van der Waals surface area contributed by atoms with Crippen LogP contribution in [0, 0.1) is 5.92 Å². The van der Waals surface area contributed by atoms with Crippen LogP contribution in [0.5, 0.6) is 0 Å². The molecule has 1 unspecified atom stereocenters. The molecule has 2 aromatic rings. The Morgan fingerprint density at radius 1 is 1.17 bits per heavy atom. The number of carbonyl (C=O) groups is 1. The van der Waals surface area contributed by atoms with Crippen molar-refractivity contribution in [3.63, 3.8) is 0 Å². The summed E-state index contributed by atoms with van der Waals surface area (Å²) >= 11 is 3.47. The molecule has 3 N–H and O–H groups in total. The number of halogens is 1. The Morgan fingerprint density at radius 2 is 1.91 bits per heavy atom. The number of nitrogens with two attached hydrogens (primary N) is 1. The van der Waals surface area contributed by atoms with Crippen molar-refractivity contribution in [1.82, 2.24) is 5.32 Å². The highest BCUT2D eigenvalue weighted by Crippen LogP contribution is 2.17. The van der Waals surface area contributed by atoms with Crippen LogP contribution in [0.3, 0.4) is 0 Å². The van der Waals surface area contributed by atoms with E-state index in [9.17, 15) is 4.79 Å². The fourth-order valence-electron chi connectivity index (χ4n) is 2.53. The second kappa shape index (κ2) is 8.73. The van der Waals surface area contributed by atoms with Crippen LogP contribution in [-0.2, 0) is 17.6 Å². The second-order valence-corrected chi connectivity index (χ2v) is 6.64. The van der Waals surface area contributed by atoms with Crippen LogP contribution >= 0.6 is 15.9 Å². The summed E-state index contributed by atoms with van der Waals surface area (Å²) in [6, 6.07) is 15.9. The largest absolute Gasteiger partial charge is 0.399 e.